The summed E-state index contributed by atoms with van der Waals surface area (Å²) in [5, 5.41) is 16.9. The highest BCUT2D eigenvalue weighted by Gasteiger charge is 1.86. The zero-order chi connectivity index (χ0) is 26.8. The van der Waals surface area contributed by atoms with E-state index in [4.69, 9.17) is 10.1 Å². The van der Waals surface area contributed by atoms with Crippen LogP contribution in [0.4, 0.5) is 9.59 Å². The van der Waals surface area contributed by atoms with Gasteiger partial charge in [0.25, 0.3) is 6.26 Å². The molecule has 0 atom stereocenters. The number of nitrogens with zero attached hydrogens (tertiary/aromatic N) is 2. The summed E-state index contributed by atoms with van der Waals surface area (Å²) in [7, 11) is 11.6. The minimum atomic E-state index is -0.407. The minimum absolute atomic E-state index is 0.0926. The molecule has 14 nitrogen and oxygen atoms in total. The number of isocyanates is 1. The van der Waals surface area contributed by atoms with Gasteiger partial charge in [0.2, 0.25) is 17.9 Å². The van der Waals surface area contributed by atoms with Gasteiger partial charge in [-0.2, -0.15) is 5.26 Å². The Kier molecular flexibility index (Phi) is 60.4. The molecule has 0 saturated heterocycles. The number of methoxy groups -OCH3 is 3. The first-order valence-electron chi connectivity index (χ1n) is 8.87. The average molecular weight is 467 g/mol. The van der Waals surface area contributed by atoms with Crippen molar-refractivity contribution < 1.29 is 38.2 Å². The molecule has 0 radical (unpaired) electrons. The van der Waals surface area contributed by atoms with Crippen LogP contribution in [0, 0.1) is 11.5 Å². The van der Waals surface area contributed by atoms with E-state index in [9.17, 15) is 19.2 Å². The Hall–Kier alpha value is -3.85. The number of ether oxygens (including phenoxy) is 3. The molecule has 0 aliphatic carbocycles. The van der Waals surface area contributed by atoms with E-state index in [-0.39, 0.29) is 11.8 Å². The zero-order valence-electron chi connectivity index (χ0n) is 20.6. The second-order valence-corrected chi connectivity index (χ2v) is 4.15. The van der Waals surface area contributed by atoms with Crippen molar-refractivity contribution in [3.05, 3.63) is 0 Å². The highest BCUT2D eigenvalue weighted by atomic mass is 16.5. The molecule has 0 spiro atoms. The van der Waals surface area contributed by atoms with Crippen molar-refractivity contribution in [3.63, 3.8) is 0 Å². The molecular formula is C18H38N6O8. The van der Waals surface area contributed by atoms with E-state index < -0.39 is 12.2 Å². The number of nitriles is 1. The van der Waals surface area contributed by atoms with E-state index in [1.54, 1.807) is 14.1 Å². The van der Waals surface area contributed by atoms with Crippen LogP contribution in [0.2, 0.25) is 0 Å². The molecule has 0 saturated carbocycles. The van der Waals surface area contributed by atoms with Crippen molar-refractivity contribution in [2.24, 2.45) is 4.99 Å². The standard InChI is InChI=1S/2C4H9NO.2C3H7NO2.2C2H3NO/c2*1-3-4(6)5-2;2*1-4-3(5)6-2;1-4-2-3;1-3-2-4/h2*3H2,1-2H3,(H,5,6);2*1-2H3,(H,4,5);2*1H3. The van der Waals surface area contributed by atoms with E-state index >= 15 is 0 Å². The molecule has 0 aliphatic rings. The van der Waals surface area contributed by atoms with Crippen LogP contribution >= 0.6 is 0 Å². The smallest absolute Gasteiger partial charge is 0.406 e. The Morgan fingerprint density at radius 1 is 0.781 bits per heavy atom. The zero-order valence-corrected chi connectivity index (χ0v) is 20.6. The third kappa shape index (κ3) is 82.6. The lowest BCUT2D eigenvalue weighted by molar-refractivity contribution is -0.121. The predicted molar refractivity (Wildman–Crippen MR) is 118 cm³/mol. The first-order chi connectivity index (χ1) is 15.1. The molecule has 14 heteroatoms. The summed E-state index contributed by atoms with van der Waals surface area (Å²) in [6.45, 7) is 3.64. The summed E-state index contributed by atoms with van der Waals surface area (Å²) < 4.78 is 12.1. The monoisotopic (exact) mass is 466 g/mol. The minimum Gasteiger partial charge on any atom is -0.453 e. The summed E-state index contributed by atoms with van der Waals surface area (Å²) >= 11 is 0. The van der Waals surface area contributed by atoms with Crippen molar-refractivity contribution in [3.8, 4) is 6.26 Å². The normalized spacial score (nSPS) is 6.53. The van der Waals surface area contributed by atoms with Gasteiger partial charge in [-0.1, -0.05) is 13.8 Å². The fourth-order valence-electron chi connectivity index (χ4n) is 0.558. The van der Waals surface area contributed by atoms with E-state index in [2.05, 4.69) is 40.5 Å². The number of carbonyl (C=O) groups excluding carboxylic acids is 5. The Balaban J connectivity index is -0.0000000639. The number of rotatable bonds is 2. The van der Waals surface area contributed by atoms with Crippen LogP contribution in [0.3, 0.4) is 0 Å². The van der Waals surface area contributed by atoms with Crippen LogP contribution < -0.4 is 21.3 Å². The highest BCUT2D eigenvalue weighted by Crippen LogP contribution is 1.68. The van der Waals surface area contributed by atoms with Gasteiger partial charge in [-0.3, -0.25) is 9.59 Å². The van der Waals surface area contributed by atoms with Gasteiger partial charge >= 0.3 is 12.2 Å². The SMILES string of the molecule is CCC(=O)NC.CCC(=O)NC.CN=C=O.CNC(=O)OC.CNC(=O)OC.COC#N. The molecule has 0 aromatic carbocycles. The number of carbonyl (C=O) groups is 4. The van der Waals surface area contributed by atoms with Crippen LogP contribution in [0.5, 0.6) is 0 Å². The van der Waals surface area contributed by atoms with Gasteiger partial charge in [-0.05, 0) is 0 Å². The van der Waals surface area contributed by atoms with E-state index in [0.29, 0.717) is 12.8 Å². The Bertz CT molecular complexity index is 444. The largest absolute Gasteiger partial charge is 0.453 e. The maximum Gasteiger partial charge on any atom is 0.406 e. The van der Waals surface area contributed by atoms with Gasteiger partial charge < -0.3 is 35.5 Å². The second kappa shape index (κ2) is 45.7. The van der Waals surface area contributed by atoms with Crippen LogP contribution in [0.25, 0.3) is 0 Å². The molecule has 0 aromatic heterocycles. The van der Waals surface area contributed by atoms with Crippen LogP contribution in [0.15, 0.2) is 4.99 Å². The molecule has 0 rings (SSSR count). The van der Waals surface area contributed by atoms with Crippen molar-refractivity contribution >= 4 is 30.1 Å². The van der Waals surface area contributed by atoms with Crippen molar-refractivity contribution in [2.45, 2.75) is 26.7 Å². The summed E-state index contributed by atoms with van der Waals surface area (Å²) in [4.78, 5) is 51.6. The molecule has 4 amide bonds. The van der Waals surface area contributed by atoms with Crippen molar-refractivity contribution in [2.75, 3.05) is 56.6 Å². The topological polar surface area (TPSA) is 197 Å². The summed E-state index contributed by atoms with van der Waals surface area (Å²) in [6.07, 6.45) is 3.08. The number of aliphatic imine (C=N–C) groups is 1. The molecule has 188 valence electrons. The van der Waals surface area contributed by atoms with Gasteiger partial charge in [0.1, 0.15) is 0 Å². The third-order valence-electron chi connectivity index (χ3n) is 2.16. The van der Waals surface area contributed by atoms with E-state index in [1.807, 2.05) is 13.8 Å². The van der Waals surface area contributed by atoms with Crippen LogP contribution in [0.1, 0.15) is 26.7 Å². The number of alkyl carbamates (subject to hydrolysis) is 2. The first kappa shape index (κ1) is 42.3. The molecule has 4 N–H and O–H groups in total. The quantitative estimate of drug-likeness (QED) is 0.251. The van der Waals surface area contributed by atoms with Crippen molar-refractivity contribution in [1.29, 1.82) is 5.26 Å². The third-order valence-corrected chi connectivity index (χ3v) is 2.16. The van der Waals surface area contributed by atoms with Crippen LogP contribution in [-0.4, -0.2) is 86.6 Å². The second-order valence-electron chi connectivity index (χ2n) is 4.15. The van der Waals surface area contributed by atoms with E-state index in [0.717, 1.165) is 0 Å². The summed E-state index contributed by atoms with van der Waals surface area (Å²) in [5.41, 5.74) is 0. The first-order valence-corrected chi connectivity index (χ1v) is 8.87. The lowest BCUT2D eigenvalue weighted by Crippen LogP contribution is -2.16. The number of nitrogens with one attached hydrogen (secondary N) is 4. The summed E-state index contributed by atoms with van der Waals surface area (Å²) in [5.74, 6) is 0.185. The van der Waals surface area contributed by atoms with Gasteiger partial charge in [-0.25, -0.2) is 19.4 Å². The highest BCUT2D eigenvalue weighted by molar-refractivity contribution is 5.75. The van der Waals surface area contributed by atoms with Gasteiger partial charge in [0.15, 0.2) is 0 Å². The summed E-state index contributed by atoms with van der Waals surface area (Å²) in [6, 6.07) is 0. The lowest BCUT2D eigenvalue weighted by atomic mass is 10.5. The van der Waals surface area contributed by atoms with Gasteiger partial charge in [-0.15, -0.1) is 0 Å². The average Bonchev–Trinajstić information content (AvgIpc) is 2.87. The van der Waals surface area contributed by atoms with E-state index in [1.165, 1.54) is 54.8 Å². The molecule has 0 heterocycles. The fraction of sp³-hybridized carbons (Fsp3) is 0.667. The fourth-order valence-corrected chi connectivity index (χ4v) is 0.558. The number of amides is 4. The molecule has 0 aromatic rings. The molecule has 0 unspecified atom stereocenters. The maximum atomic E-state index is 10.1. The molecule has 0 aliphatic heterocycles. The predicted octanol–water partition coefficient (Wildman–Crippen LogP) is 0.295. The van der Waals surface area contributed by atoms with Crippen molar-refractivity contribution in [1.82, 2.24) is 21.3 Å². The lowest BCUT2D eigenvalue weighted by Gasteiger charge is -1.90. The molecule has 0 bridgehead atoms. The molecule has 0 fully saturated rings. The number of hydrogen-bond donors (Lipinski definition) is 4. The van der Waals surface area contributed by atoms with Gasteiger partial charge in [0.05, 0.1) is 21.3 Å². The Morgan fingerprint density at radius 2 is 1.03 bits per heavy atom. The Morgan fingerprint density at radius 3 is 1.03 bits per heavy atom. The molecular weight excluding hydrogens is 428 g/mol. The molecule has 32 heavy (non-hydrogen) atoms. The Labute approximate surface area is 190 Å². The van der Waals surface area contributed by atoms with Crippen LogP contribution in [-0.2, 0) is 28.6 Å². The maximum absolute atomic E-state index is 10.1. The number of hydrogen-bond acceptors (Lipinski definition) is 10. The van der Waals surface area contributed by atoms with Gasteiger partial charge in [0, 0.05) is 48.1 Å².